The minimum absolute atomic E-state index is 0.0381. The maximum Gasteiger partial charge on any atom is 0.252 e. The molecular formula is C9H15NO4. The highest BCUT2D eigenvalue weighted by Crippen LogP contribution is 2.24. The average Bonchev–Trinajstić information content (AvgIpc) is 2.73. The third-order valence-electron chi connectivity index (χ3n) is 2.74. The van der Waals surface area contributed by atoms with Crippen molar-refractivity contribution in [2.75, 3.05) is 19.8 Å². The number of aliphatic hydroxyl groups is 1. The van der Waals surface area contributed by atoms with Gasteiger partial charge in [0.2, 0.25) is 0 Å². The molecule has 14 heavy (non-hydrogen) atoms. The van der Waals surface area contributed by atoms with E-state index in [-0.39, 0.29) is 31.1 Å². The van der Waals surface area contributed by atoms with Crippen molar-refractivity contribution in [2.24, 2.45) is 5.92 Å². The predicted octanol–water partition coefficient (Wildman–Crippen LogP) is -0.454. The number of β-amino-alcohol motifs (C(OH)–C–C–N with tert-alkyl or cyclic N) is 1. The summed E-state index contributed by atoms with van der Waals surface area (Å²) in [6.07, 6.45) is 0.163. The molecule has 1 N–H and O–H groups in total. The fourth-order valence-electron chi connectivity index (χ4n) is 1.87. The van der Waals surface area contributed by atoms with E-state index in [1.165, 1.54) is 5.06 Å². The Hall–Kier alpha value is -0.650. The highest BCUT2D eigenvalue weighted by molar-refractivity contribution is 5.78. The summed E-state index contributed by atoms with van der Waals surface area (Å²) in [4.78, 5) is 16.9. The summed E-state index contributed by atoms with van der Waals surface area (Å²) in [5.41, 5.74) is 0. The van der Waals surface area contributed by atoms with E-state index in [9.17, 15) is 9.90 Å². The van der Waals surface area contributed by atoms with E-state index in [1.807, 2.05) is 6.92 Å². The predicted molar refractivity (Wildman–Crippen MR) is 47.2 cm³/mol. The normalized spacial score (nSPS) is 37.9. The van der Waals surface area contributed by atoms with Gasteiger partial charge in [0.25, 0.3) is 5.91 Å². The van der Waals surface area contributed by atoms with Crippen LogP contribution in [-0.2, 0) is 14.4 Å². The molecule has 0 aromatic rings. The Morgan fingerprint density at radius 2 is 2.36 bits per heavy atom. The van der Waals surface area contributed by atoms with E-state index in [0.717, 1.165) is 6.42 Å². The molecule has 2 unspecified atom stereocenters. The largest absolute Gasteiger partial charge is 0.389 e. The molecule has 0 bridgehead atoms. The molecular weight excluding hydrogens is 186 g/mol. The van der Waals surface area contributed by atoms with Gasteiger partial charge >= 0.3 is 0 Å². The van der Waals surface area contributed by atoms with E-state index >= 15 is 0 Å². The minimum atomic E-state index is -0.545. The molecule has 5 heteroatoms. The van der Waals surface area contributed by atoms with Gasteiger partial charge in [0.05, 0.1) is 24.7 Å². The zero-order valence-corrected chi connectivity index (χ0v) is 8.18. The van der Waals surface area contributed by atoms with Crippen LogP contribution < -0.4 is 0 Å². The SMILES string of the molecule is CC1OCCC1C(=O)N1C[C@H](O)CO1. The van der Waals surface area contributed by atoms with Crippen LogP contribution in [0.5, 0.6) is 0 Å². The van der Waals surface area contributed by atoms with Crippen LogP contribution in [0.1, 0.15) is 13.3 Å². The molecule has 2 aliphatic heterocycles. The lowest BCUT2D eigenvalue weighted by molar-refractivity contribution is -0.174. The van der Waals surface area contributed by atoms with Gasteiger partial charge in [0.15, 0.2) is 0 Å². The summed E-state index contributed by atoms with van der Waals surface area (Å²) in [6, 6.07) is 0. The monoisotopic (exact) mass is 201 g/mol. The van der Waals surface area contributed by atoms with Crippen molar-refractivity contribution < 1.29 is 19.5 Å². The Labute approximate surface area is 82.5 Å². The van der Waals surface area contributed by atoms with Gasteiger partial charge in [-0.25, -0.2) is 5.06 Å². The van der Waals surface area contributed by atoms with Gasteiger partial charge in [-0.15, -0.1) is 0 Å². The summed E-state index contributed by atoms with van der Waals surface area (Å²) >= 11 is 0. The van der Waals surface area contributed by atoms with E-state index in [2.05, 4.69) is 0 Å². The summed E-state index contributed by atoms with van der Waals surface area (Å²) in [5.74, 6) is -0.174. The average molecular weight is 201 g/mol. The molecule has 1 amide bonds. The van der Waals surface area contributed by atoms with Gasteiger partial charge < -0.3 is 9.84 Å². The molecule has 0 aromatic heterocycles. The first-order chi connectivity index (χ1) is 6.68. The second kappa shape index (κ2) is 3.84. The third-order valence-corrected chi connectivity index (χ3v) is 2.74. The zero-order valence-electron chi connectivity index (χ0n) is 8.18. The number of aliphatic hydroxyl groups excluding tert-OH is 1. The maximum absolute atomic E-state index is 11.8. The van der Waals surface area contributed by atoms with Crippen LogP contribution in [0.4, 0.5) is 0 Å². The molecule has 2 heterocycles. The number of hydrogen-bond acceptors (Lipinski definition) is 4. The molecule has 0 aromatic carbocycles. The summed E-state index contributed by atoms with van der Waals surface area (Å²) in [6.45, 7) is 3.02. The number of nitrogens with zero attached hydrogens (tertiary/aromatic N) is 1. The first-order valence-corrected chi connectivity index (χ1v) is 4.92. The van der Waals surface area contributed by atoms with Crippen molar-refractivity contribution >= 4 is 5.91 Å². The number of amides is 1. The number of hydrogen-bond donors (Lipinski definition) is 1. The van der Waals surface area contributed by atoms with E-state index < -0.39 is 6.10 Å². The Bertz CT molecular complexity index is 233. The van der Waals surface area contributed by atoms with Crippen LogP contribution in [0, 0.1) is 5.92 Å². The standard InChI is InChI=1S/C9H15NO4/c1-6-8(2-3-13-6)9(12)10-4-7(11)5-14-10/h6-8,11H,2-5H2,1H3/t6?,7-,8?/m0/s1. The minimum Gasteiger partial charge on any atom is -0.389 e. The number of carbonyl (C=O) groups is 1. The van der Waals surface area contributed by atoms with E-state index in [4.69, 9.17) is 9.57 Å². The number of hydroxylamine groups is 2. The number of carbonyl (C=O) groups excluding carboxylic acids is 1. The second-order valence-corrected chi connectivity index (χ2v) is 3.82. The van der Waals surface area contributed by atoms with Crippen molar-refractivity contribution in [3.63, 3.8) is 0 Å². The van der Waals surface area contributed by atoms with Crippen LogP contribution in [0.15, 0.2) is 0 Å². The van der Waals surface area contributed by atoms with Crippen LogP contribution in [0.25, 0.3) is 0 Å². The van der Waals surface area contributed by atoms with Gasteiger partial charge in [0, 0.05) is 6.61 Å². The highest BCUT2D eigenvalue weighted by Gasteiger charge is 2.37. The molecule has 2 aliphatic rings. The van der Waals surface area contributed by atoms with Crippen molar-refractivity contribution in [1.82, 2.24) is 5.06 Å². The van der Waals surface area contributed by atoms with Gasteiger partial charge in [-0.1, -0.05) is 0 Å². The molecule has 5 nitrogen and oxygen atoms in total. The van der Waals surface area contributed by atoms with E-state index in [0.29, 0.717) is 6.61 Å². The second-order valence-electron chi connectivity index (χ2n) is 3.82. The molecule has 0 aliphatic carbocycles. The van der Waals surface area contributed by atoms with Gasteiger partial charge in [0.1, 0.15) is 6.61 Å². The zero-order chi connectivity index (χ0) is 10.1. The first kappa shape index (κ1) is 9.89. The maximum atomic E-state index is 11.8. The van der Waals surface area contributed by atoms with Gasteiger partial charge in [-0.3, -0.25) is 9.63 Å². The number of rotatable bonds is 1. The topological polar surface area (TPSA) is 59.0 Å². The van der Waals surface area contributed by atoms with Crippen molar-refractivity contribution in [3.05, 3.63) is 0 Å². The molecule has 0 radical (unpaired) electrons. The Balaban J connectivity index is 1.94. The molecule has 2 saturated heterocycles. The summed E-state index contributed by atoms with van der Waals surface area (Å²) in [5, 5.41) is 10.5. The van der Waals surface area contributed by atoms with Crippen LogP contribution in [0.3, 0.4) is 0 Å². The Kier molecular flexibility index (Phi) is 2.71. The smallest absolute Gasteiger partial charge is 0.252 e. The van der Waals surface area contributed by atoms with Crippen LogP contribution in [-0.4, -0.2) is 48.0 Å². The summed E-state index contributed by atoms with van der Waals surface area (Å²) < 4.78 is 5.31. The Morgan fingerprint density at radius 3 is 2.86 bits per heavy atom. The molecule has 0 saturated carbocycles. The lowest BCUT2D eigenvalue weighted by Crippen LogP contribution is -2.36. The fourth-order valence-corrected chi connectivity index (χ4v) is 1.87. The van der Waals surface area contributed by atoms with Gasteiger partial charge in [-0.05, 0) is 13.3 Å². The molecule has 0 spiro atoms. The van der Waals surface area contributed by atoms with Gasteiger partial charge in [-0.2, -0.15) is 0 Å². The van der Waals surface area contributed by atoms with Crippen molar-refractivity contribution in [1.29, 1.82) is 0 Å². The quantitative estimate of drug-likeness (QED) is 0.624. The third kappa shape index (κ3) is 1.75. The lowest BCUT2D eigenvalue weighted by Gasteiger charge is -2.19. The lowest BCUT2D eigenvalue weighted by atomic mass is 10.0. The molecule has 3 atom stereocenters. The van der Waals surface area contributed by atoms with Crippen LogP contribution >= 0.6 is 0 Å². The van der Waals surface area contributed by atoms with E-state index in [1.54, 1.807) is 0 Å². The van der Waals surface area contributed by atoms with Crippen molar-refractivity contribution in [3.8, 4) is 0 Å². The Morgan fingerprint density at radius 1 is 1.57 bits per heavy atom. The highest BCUT2D eigenvalue weighted by atomic mass is 16.7. The molecule has 2 fully saturated rings. The molecule has 80 valence electrons. The number of ether oxygens (including phenoxy) is 1. The fraction of sp³-hybridized carbons (Fsp3) is 0.889. The molecule has 2 rings (SSSR count). The van der Waals surface area contributed by atoms with Crippen LogP contribution in [0.2, 0.25) is 0 Å². The van der Waals surface area contributed by atoms with Crippen molar-refractivity contribution in [2.45, 2.75) is 25.6 Å². The summed E-state index contributed by atoms with van der Waals surface area (Å²) in [7, 11) is 0. The first-order valence-electron chi connectivity index (χ1n) is 4.92.